The Kier molecular flexibility index (Phi) is 11.9. The Balaban J connectivity index is 1.33. The van der Waals surface area contributed by atoms with E-state index < -0.39 is 71.0 Å². The minimum Gasteiger partial charge on any atom is -0.508 e. The number of hydrogen-bond acceptors (Lipinski definition) is 8. The number of phenols is 1. The molecular formula is C54H52N4O7. The van der Waals surface area contributed by atoms with Crippen LogP contribution in [0.5, 0.6) is 5.75 Å². The number of benzene rings is 5. The van der Waals surface area contributed by atoms with E-state index in [0.29, 0.717) is 35.1 Å². The van der Waals surface area contributed by atoms with Crippen molar-refractivity contribution < 1.29 is 34.1 Å². The number of hydrogen-bond donors (Lipinski definition) is 4. The second-order valence-electron chi connectivity index (χ2n) is 17.5. The number of morpholine rings is 1. The predicted octanol–water partition coefficient (Wildman–Crippen LogP) is 8.27. The van der Waals surface area contributed by atoms with Crippen LogP contribution < -0.4 is 15.5 Å². The standard InChI is InChI=1S/C54H52N4O7/c1-3-33-55-49(60)44-46-50(61)65-47(39-21-13-8-14-22-39)45(38-19-11-7-12-20-38)58(46)48(40-24-26-41(59)27-25-40)54(44)42-34-36(29-32-53(64)30-15-4-5-16-31-53)23-28-43(42)57(51(54)62)52(63)56-35(2)37-17-9-6-10-18-37/h3,6-14,17-28,34-35,44-48,59,64H,1,4-5,15-16,30-31,33H2,2H3,(H,55,60)(H,56,63)/t35-,44-,45-,46-,47+,48+,54-/m1/s1. The zero-order valence-corrected chi connectivity index (χ0v) is 36.2. The highest BCUT2D eigenvalue weighted by Crippen LogP contribution is 2.66. The summed E-state index contributed by atoms with van der Waals surface area (Å²) in [4.78, 5) is 64.9. The number of esters is 1. The van der Waals surface area contributed by atoms with E-state index in [4.69, 9.17) is 4.74 Å². The molecule has 9 rings (SSSR count). The number of anilines is 1. The fourth-order valence-corrected chi connectivity index (χ4v) is 10.6. The Labute approximate surface area is 379 Å². The number of fused-ring (bicyclic) bond motifs is 3. The molecule has 3 aliphatic heterocycles. The third-order valence-electron chi connectivity index (χ3n) is 13.6. The number of ether oxygens (including phenoxy) is 1. The molecule has 5 aromatic rings. The number of rotatable bonds is 8. The van der Waals surface area contributed by atoms with E-state index in [-0.39, 0.29) is 18.0 Å². The van der Waals surface area contributed by atoms with Gasteiger partial charge in [-0.3, -0.25) is 19.3 Å². The summed E-state index contributed by atoms with van der Waals surface area (Å²) in [6.07, 6.45) is 5.38. The highest BCUT2D eigenvalue weighted by atomic mass is 16.6. The first kappa shape index (κ1) is 43.3. The molecule has 4 amide bonds. The monoisotopic (exact) mass is 868 g/mol. The zero-order chi connectivity index (χ0) is 45.3. The molecule has 2 saturated heterocycles. The molecule has 65 heavy (non-hydrogen) atoms. The van der Waals surface area contributed by atoms with Gasteiger partial charge >= 0.3 is 12.0 Å². The second kappa shape index (κ2) is 17.9. The van der Waals surface area contributed by atoms with Gasteiger partial charge in [0.05, 0.1) is 29.7 Å². The van der Waals surface area contributed by atoms with E-state index >= 15 is 14.4 Å². The number of nitrogens with one attached hydrogen (secondary N) is 2. The van der Waals surface area contributed by atoms with Crippen LogP contribution in [0.3, 0.4) is 0 Å². The van der Waals surface area contributed by atoms with Gasteiger partial charge in [0.1, 0.15) is 28.9 Å². The number of nitrogens with zero attached hydrogens (tertiary/aromatic N) is 2. The van der Waals surface area contributed by atoms with E-state index in [0.717, 1.165) is 41.7 Å². The van der Waals surface area contributed by atoms with Gasteiger partial charge < -0.3 is 25.6 Å². The highest BCUT2D eigenvalue weighted by Gasteiger charge is 2.75. The van der Waals surface area contributed by atoms with Crippen molar-refractivity contribution in [1.29, 1.82) is 0 Å². The Morgan fingerprint density at radius 3 is 2.11 bits per heavy atom. The molecule has 11 heteroatoms. The molecule has 1 spiro atoms. The van der Waals surface area contributed by atoms with Gasteiger partial charge in [0, 0.05) is 12.1 Å². The maximum atomic E-state index is 16.4. The molecule has 5 aromatic carbocycles. The normalized spacial score (nSPS) is 25.0. The Morgan fingerprint density at radius 1 is 0.831 bits per heavy atom. The van der Waals surface area contributed by atoms with Crippen molar-refractivity contribution in [3.8, 4) is 17.6 Å². The van der Waals surface area contributed by atoms with Crippen molar-refractivity contribution >= 4 is 29.5 Å². The van der Waals surface area contributed by atoms with Crippen LogP contribution in [0.1, 0.15) is 103 Å². The summed E-state index contributed by atoms with van der Waals surface area (Å²) in [6.45, 7) is 5.68. The molecular weight excluding hydrogens is 817 g/mol. The van der Waals surface area contributed by atoms with Crippen molar-refractivity contribution in [3.05, 3.63) is 179 Å². The van der Waals surface area contributed by atoms with Gasteiger partial charge in [0.15, 0.2) is 0 Å². The molecule has 1 aliphatic carbocycles. The number of aliphatic hydroxyl groups is 1. The van der Waals surface area contributed by atoms with Gasteiger partial charge in [-0.15, -0.1) is 6.58 Å². The number of carbonyl (C=O) groups is 4. The van der Waals surface area contributed by atoms with Crippen LogP contribution in [0.4, 0.5) is 10.5 Å². The number of cyclic esters (lactones) is 1. The molecule has 0 unspecified atom stereocenters. The van der Waals surface area contributed by atoms with Gasteiger partial charge in [-0.25, -0.2) is 9.69 Å². The lowest BCUT2D eigenvalue weighted by atomic mass is 9.65. The minimum absolute atomic E-state index is 0.0236. The van der Waals surface area contributed by atoms with Gasteiger partial charge in [-0.2, -0.15) is 0 Å². The maximum absolute atomic E-state index is 16.4. The first-order chi connectivity index (χ1) is 31.6. The van der Waals surface area contributed by atoms with Crippen molar-refractivity contribution in [2.75, 3.05) is 11.4 Å². The molecule has 0 aromatic heterocycles. The lowest BCUT2D eigenvalue weighted by molar-refractivity contribution is -0.178. The van der Waals surface area contributed by atoms with E-state index in [1.54, 1.807) is 30.3 Å². The molecule has 4 N–H and O–H groups in total. The second-order valence-corrected chi connectivity index (χ2v) is 17.5. The summed E-state index contributed by atoms with van der Waals surface area (Å²) in [7, 11) is 0. The summed E-state index contributed by atoms with van der Waals surface area (Å²) >= 11 is 0. The molecule has 330 valence electrons. The Bertz CT molecular complexity index is 2660. The predicted molar refractivity (Wildman–Crippen MR) is 246 cm³/mol. The largest absolute Gasteiger partial charge is 0.508 e. The van der Waals surface area contributed by atoms with Crippen LogP contribution in [-0.2, 0) is 24.5 Å². The topological polar surface area (TPSA) is 149 Å². The molecule has 0 radical (unpaired) electrons. The maximum Gasteiger partial charge on any atom is 0.329 e. The molecule has 4 aliphatic rings. The number of urea groups is 1. The smallest absolute Gasteiger partial charge is 0.329 e. The van der Waals surface area contributed by atoms with E-state index in [1.165, 1.54) is 18.2 Å². The van der Waals surface area contributed by atoms with Crippen LogP contribution in [0, 0.1) is 17.8 Å². The fourth-order valence-electron chi connectivity index (χ4n) is 10.6. The van der Waals surface area contributed by atoms with E-state index in [2.05, 4.69) is 29.1 Å². The van der Waals surface area contributed by atoms with Crippen LogP contribution in [0.25, 0.3) is 0 Å². The van der Waals surface area contributed by atoms with Crippen LogP contribution >= 0.6 is 0 Å². The highest BCUT2D eigenvalue weighted by molar-refractivity contribution is 6.24. The van der Waals surface area contributed by atoms with Gasteiger partial charge in [-0.05, 0) is 90.8 Å². The van der Waals surface area contributed by atoms with Crippen molar-refractivity contribution in [2.24, 2.45) is 5.92 Å². The van der Waals surface area contributed by atoms with E-state index in [1.807, 2.05) is 103 Å². The average molecular weight is 869 g/mol. The van der Waals surface area contributed by atoms with Crippen LogP contribution in [0.2, 0.25) is 0 Å². The third kappa shape index (κ3) is 7.77. The zero-order valence-electron chi connectivity index (χ0n) is 36.2. The summed E-state index contributed by atoms with van der Waals surface area (Å²) in [5, 5.41) is 28.3. The van der Waals surface area contributed by atoms with Crippen LogP contribution in [0.15, 0.2) is 146 Å². The minimum atomic E-state index is -2.00. The summed E-state index contributed by atoms with van der Waals surface area (Å²) in [5.41, 5.74) is 0.572. The molecule has 0 bridgehead atoms. The molecule has 3 fully saturated rings. The number of carbonyl (C=O) groups excluding carboxylic acids is 4. The number of amides is 4. The Hall–Kier alpha value is -7.00. The Morgan fingerprint density at radius 2 is 1.46 bits per heavy atom. The van der Waals surface area contributed by atoms with Gasteiger partial charge in [0.2, 0.25) is 11.8 Å². The molecule has 1 saturated carbocycles. The van der Waals surface area contributed by atoms with E-state index in [9.17, 15) is 15.0 Å². The third-order valence-corrected chi connectivity index (χ3v) is 13.6. The lowest BCUT2D eigenvalue weighted by Gasteiger charge is -2.46. The first-order valence-electron chi connectivity index (χ1n) is 22.4. The lowest BCUT2D eigenvalue weighted by Crippen LogP contribution is -2.56. The summed E-state index contributed by atoms with van der Waals surface area (Å²) in [5.74, 6) is 2.81. The molecule has 11 nitrogen and oxygen atoms in total. The number of imide groups is 1. The number of phenolic OH excluding ortho intramolecular Hbond substituents is 1. The number of aromatic hydroxyl groups is 1. The SMILES string of the molecule is C=CCNC(=O)[C@H]1[C@@H]2C(=O)O[C@@H](c3ccccc3)[C@@H](c3ccccc3)N2[C@@H](c2ccc(O)cc2)[C@]12C(=O)N(C(=O)N[C@H](C)c1ccccc1)c1ccc(C#CC3(O)CCCCCC3)cc12. The van der Waals surface area contributed by atoms with Gasteiger partial charge in [-0.1, -0.05) is 134 Å². The quantitative estimate of drug-likeness (QED) is 0.0528. The van der Waals surface area contributed by atoms with Gasteiger partial charge in [0.25, 0.3) is 0 Å². The average Bonchev–Trinajstić information content (AvgIpc) is 3.66. The van der Waals surface area contributed by atoms with Crippen molar-refractivity contribution in [1.82, 2.24) is 15.5 Å². The summed E-state index contributed by atoms with van der Waals surface area (Å²) in [6, 6.07) is 35.3. The fraction of sp³-hybridized carbons (Fsp3) is 0.296. The first-order valence-corrected chi connectivity index (χ1v) is 22.4. The van der Waals surface area contributed by atoms with Crippen molar-refractivity contribution in [2.45, 2.75) is 86.7 Å². The van der Waals surface area contributed by atoms with Crippen molar-refractivity contribution in [3.63, 3.8) is 0 Å². The van der Waals surface area contributed by atoms with Crippen LogP contribution in [-0.4, -0.2) is 57.1 Å². The summed E-state index contributed by atoms with van der Waals surface area (Å²) < 4.78 is 6.52. The molecule has 7 atom stereocenters. The molecule has 3 heterocycles.